The van der Waals surface area contributed by atoms with E-state index in [0.717, 1.165) is 0 Å². The number of anilines is 1. The number of alkyl halides is 3. The minimum absolute atomic E-state index is 0.147. The number of rotatable bonds is 3. The molecule has 0 saturated heterocycles. The van der Waals surface area contributed by atoms with E-state index in [1.54, 1.807) is 13.1 Å². The fourth-order valence-electron chi connectivity index (χ4n) is 1.26. The molecule has 0 aromatic heterocycles. The summed E-state index contributed by atoms with van der Waals surface area (Å²) >= 11 is 5.79. The van der Waals surface area contributed by atoms with Crippen molar-refractivity contribution in [2.24, 2.45) is 0 Å². The van der Waals surface area contributed by atoms with Gasteiger partial charge in [0.25, 0.3) is 0 Å². The molecule has 6 heteroatoms. The first-order chi connectivity index (χ1) is 7.83. The predicted molar refractivity (Wildman–Crippen MR) is 60.1 cm³/mol. The average molecular weight is 263 g/mol. The normalized spacial score (nSPS) is 11.1. The molecular weight excluding hydrogens is 253 g/mol. The molecule has 1 rings (SSSR count). The van der Waals surface area contributed by atoms with Crippen LogP contribution in [0.2, 0.25) is 5.02 Å². The number of nitriles is 1. The van der Waals surface area contributed by atoms with E-state index in [1.165, 1.54) is 17.0 Å². The highest BCUT2D eigenvalue weighted by Gasteiger charge is 2.27. The molecule has 0 aliphatic carbocycles. The van der Waals surface area contributed by atoms with Gasteiger partial charge in [-0.25, -0.2) is 0 Å². The molecule has 0 spiro atoms. The van der Waals surface area contributed by atoms with Crippen LogP contribution in [0.1, 0.15) is 12.0 Å². The Hall–Kier alpha value is -1.41. The van der Waals surface area contributed by atoms with Gasteiger partial charge >= 0.3 is 6.18 Å². The lowest BCUT2D eigenvalue weighted by Crippen LogP contribution is -2.23. The van der Waals surface area contributed by atoms with Crippen molar-refractivity contribution in [1.82, 2.24) is 0 Å². The second-order valence-electron chi connectivity index (χ2n) is 3.56. The van der Waals surface area contributed by atoms with Crippen LogP contribution in [0.15, 0.2) is 18.2 Å². The summed E-state index contributed by atoms with van der Waals surface area (Å²) in [5.74, 6) is 0. The summed E-state index contributed by atoms with van der Waals surface area (Å²) in [4.78, 5) is 1.44. The fraction of sp³-hybridized carbons (Fsp3) is 0.364. The Kier molecular flexibility index (Phi) is 4.24. The highest BCUT2D eigenvalue weighted by atomic mass is 35.5. The molecule has 0 aliphatic rings. The van der Waals surface area contributed by atoms with E-state index >= 15 is 0 Å². The number of nitrogens with zero attached hydrogens (tertiary/aromatic N) is 2. The predicted octanol–water partition coefficient (Wildman–Crippen LogP) is 3.60. The minimum atomic E-state index is -4.18. The molecule has 0 aliphatic heterocycles. The molecule has 17 heavy (non-hydrogen) atoms. The van der Waals surface area contributed by atoms with Crippen LogP contribution in [-0.4, -0.2) is 19.8 Å². The van der Waals surface area contributed by atoms with E-state index in [1.807, 2.05) is 6.07 Å². The zero-order chi connectivity index (χ0) is 13.1. The Labute approximate surface area is 102 Å². The Morgan fingerprint density at radius 2 is 2.06 bits per heavy atom. The third kappa shape index (κ3) is 4.16. The van der Waals surface area contributed by atoms with Crippen molar-refractivity contribution in [3.63, 3.8) is 0 Å². The van der Waals surface area contributed by atoms with Crippen LogP contribution in [0, 0.1) is 11.3 Å². The molecule has 0 saturated carbocycles. The molecule has 0 N–H and O–H groups in total. The first kappa shape index (κ1) is 13.7. The number of halogens is 4. The second kappa shape index (κ2) is 5.28. The molecule has 1 aromatic rings. The van der Waals surface area contributed by atoms with Crippen LogP contribution in [-0.2, 0) is 0 Å². The average Bonchev–Trinajstić information content (AvgIpc) is 2.24. The first-order valence-corrected chi connectivity index (χ1v) is 5.19. The van der Waals surface area contributed by atoms with Crippen molar-refractivity contribution in [3.05, 3.63) is 28.8 Å². The summed E-state index contributed by atoms with van der Waals surface area (Å²) in [5.41, 5.74) is 0.859. The van der Waals surface area contributed by atoms with Crippen LogP contribution >= 0.6 is 11.6 Å². The summed E-state index contributed by atoms with van der Waals surface area (Å²) in [6, 6.07) is 6.43. The highest BCUT2D eigenvalue weighted by molar-refractivity contribution is 6.32. The molecular formula is C11H10ClF3N2. The Bertz CT molecular complexity index is 437. The van der Waals surface area contributed by atoms with Gasteiger partial charge in [0.2, 0.25) is 0 Å². The van der Waals surface area contributed by atoms with Crippen molar-refractivity contribution in [2.45, 2.75) is 12.6 Å². The smallest absolute Gasteiger partial charge is 0.374 e. The lowest BCUT2D eigenvalue weighted by atomic mass is 10.2. The van der Waals surface area contributed by atoms with Crippen LogP contribution in [0.3, 0.4) is 0 Å². The molecule has 0 fully saturated rings. The van der Waals surface area contributed by atoms with Gasteiger partial charge in [-0.3, -0.25) is 0 Å². The SMILES string of the molecule is CN(CCC(F)(F)F)c1ccc(C#N)c(Cl)c1. The highest BCUT2D eigenvalue weighted by Crippen LogP contribution is 2.25. The van der Waals surface area contributed by atoms with Gasteiger partial charge in [-0.1, -0.05) is 11.6 Å². The van der Waals surface area contributed by atoms with Crippen molar-refractivity contribution < 1.29 is 13.2 Å². The van der Waals surface area contributed by atoms with Gasteiger partial charge in [0.15, 0.2) is 0 Å². The molecule has 92 valence electrons. The maximum absolute atomic E-state index is 12.0. The number of hydrogen-bond acceptors (Lipinski definition) is 2. The molecule has 2 nitrogen and oxygen atoms in total. The van der Waals surface area contributed by atoms with E-state index in [9.17, 15) is 13.2 Å². The number of hydrogen-bond donors (Lipinski definition) is 0. The van der Waals surface area contributed by atoms with Crippen molar-refractivity contribution in [1.29, 1.82) is 5.26 Å². The molecule has 0 amide bonds. The van der Waals surface area contributed by atoms with Crippen LogP contribution < -0.4 is 4.90 Å². The molecule has 0 heterocycles. The van der Waals surface area contributed by atoms with E-state index in [0.29, 0.717) is 11.3 Å². The van der Waals surface area contributed by atoms with Gasteiger partial charge in [-0.15, -0.1) is 0 Å². The lowest BCUT2D eigenvalue weighted by Gasteiger charge is -2.20. The topological polar surface area (TPSA) is 27.0 Å². The summed E-state index contributed by atoms with van der Waals surface area (Å²) in [5, 5.41) is 8.90. The molecule has 1 aromatic carbocycles. The van der Waals surface area contributed by atoms with Crippen LogP contribution in [0.4, 0.5) is 18.9 Å². The molecule has 0 bridgehead atoms. The monoisotopic (exact) mass is 262 g/mol. The van der Waals surface area contributed by atoms with Crippen LogP contribution in [0.25, 0.3) is 0 Å². The van der Waals surface area contributed by atoms with Gasteiger partial charge < -0.3 is 4.90 Å². The maximum atomic E-state index is 12.0. The first-order valence-electron chi connectivity index (χ1n) is 4.81. The molecule has 0 radical (unpaired) electrons. The van der Waals surface area contributed by atoms with Crippen molar-refractivity contribution in [3.8, 4) is 6.07 Å². The lowest BCUT2D eigenvalue weighted by molar-refractivity contribution is -0.132. The summed E-state index contributed by atoms with van der Waals surface area (Å²) in [6.07, 6.45) is -5.06. The van der Waals surface area contributed by atoms with Gasteiger partial charge in [0, 0.05) is 19.3 Å². The largest absolute Gasteiger partial charge is 0.390 e. The molecule has 0 unspecified atom stereocenters. The zero-order valence-electron chi connectivity index (χ0n) is 9.05. The Morgan fingerprint density at radius 1 is 1.41 bits per heavy atom. The van der Waals surface area contributed by atoms with Gasteiger partial charge in [0.1, 0.15) is 6.07 Å². The zero-order valence-corrected chi connectivity index (χ0v) is 9.81. The van der Waals surface area contributed by atoms with Crippen molar-refractivity contribution in [2.75, 3.05) is 18.5 Å². The van der Waals surface area contributed by atoms with Crippen LogP contribution in [0.5, 0.6) is 0 Å². The second-order valence-corrected chi connectivity index (χ2v) is 3.97. The van der Waals surface area contributed by atoms with Gasteiger partial charge in [-0.05, 0) is 18.2 Å². The van der Waals surface area contributed by atoms with Crippen molar-refractivity contribution >= 4 is 17.3 Å². The fourth-order valence-corrected chi connectivity index (χ4v) is 1.47. The molecule has 0 atom stereocenters. The van der Waals surface area contributed by atoms with E-state index in [4.69, 9.17) is 16.9 Å². The summed E-state index contributed by atoms with van der Waals surface area (Å²) in [6.45, 7) is -0.147. The Morgan fingerprint density at radius 3 is 2.53 bits per heavy atom. The minimum Gasteiger partial charge on any atom is -0.374 e. The standard InChI is InChI=1S/C11H10ClF3N2/c1-17(5-4-11(13,14)15)9-3-2-8(7-16)10(12)6-9/h2-3,6H,4-5H2,1H3. The van der Waals surface area contributed by atoms with Gasteiger partial charge in [-0.2, -0.15) is 18.4 Å². The maximum Gasteiger partial charge on any atom is 0.390 e. The van der Waals surface area contributed by atoms with E-state index in [-0.39, 0.29) is 11.6 Å². The summed E-state index contributed by atoms with van der Waals surface area (Å²) in [7, 11) is 1.55. The summed E-state index contributed by atoms with van der Waals surface area (Å²) < 4.78 is 36.1. The Balaban J connectivity index is 2.74. The van der Waals surface area contributed by atoms with E-state index in [2.05, 4.69) is 0 Å². The third-order valence-corrected chi connectivity index (χ3v) is 2.56. The third-order valence-electron chi connectivity index (χ3n) is 2.24. The number of benzene rings is 1. The van der Waals surface area contributed by atoms with E-state index < -0.39 is 12.6 Å². The quantitative estimate of drug-likeness (QED) is 0.832. The van der Waals surface area contributed by atoms with Gasteiger partial charge in [0.05, 0.1) is 17.0 Å².